The fraction of sp³-hybridized carbons (Fsp3) is 0.0909. The summed E-state index contributed by atoms with van der Waals surface area (Å²) in [6.45, 7) is 0. The molecule has 78 valence electrons. The summed E-state index contributed by atoms with van der Waals surface area (Å²) in [6, 6.07) is 8.48. The molecular formula is C11H9FINS. The Morgan fingerprint density at radius 3 is 2.80 bits per heavy atom. The second-order valence-corrected chi connectivity index (χ2v) is 5.38. The number of rotatable bonds is 2. The molecule has 2 aromatic rings. The lowest BCUT2D eigenvalue weighted by molar-refractivity contribution is 0.600. The van der Waals surface area contributed by atoms with Gasteiger partial charge in [0.25, 0.3) is 0 Å². The van der Waals surface area contributed by atoms with E-state index in [1.54, 1.807) is 23.5 Å². The lowest BCUT2D eigenvalue weighted by Crippen LogP contribution is -2.12. The highest BCUT2D eigenvalue weighted by Crippen LogP contribution is 2.26. The Hall–Kier alpha value is -0.460. The smallest absolute Gasteiger partial charge is 0.128 e. The number of hydrogen-bond donors (Lipinski definition) is 1. The van der Waals surface area contributed by atoms with Gasteiger partial charge in [0.15, 0.2) is 0 Å². The quantitative estimate of drug-likeness (QED) is 0.836. The first-order valence-corrected chi connectivity index (χ1v) is 6.38. The highest BCUT2D eigenvalue weighted by molar-refractivity contribution is 14.1. The van der Waals surface area contributed by atoms with Crippen LogP contribution in [0.2, 0.25) is 0 Å². The monoisotopic (exact) mass is 333 g/mol. The van der Waals surface area contributed by atoms with E-state index in [1.807, 2.05) is 17.5 Å². The number of thiophene rings is 1. The van der Waals surface area contributed by atoms with Gasteiger partial charge in [-0.15, -0.1) is 11.3 Å². The summed E-state index contributed by atoms with van der Waals surface area (Å²) in [5.74, 6) is -0.240. The molecule has 0 saturated heterocycles. The Balaban J connectivity index is 2.41. The van der Waals surface area contributed by atoms with Crippen molar-refractivity contribution < 1.29 is 4.39 Å². The maximum absolute atomic E-state index is 13.5. The minimum atomic E-state index is -0.361. The zero-order chi connectivity index (χ0) is 10.8. The van der Waals surface area contributed by atoms with E-state index >= 15 is 0 Å². The Morgan fingerprint density at radius 1 is 1.33 bits per heavy atom. The largest absolute Gasteiger partial charge is 0.320 e. The predicted octanol–water partition coefficient (Wildman–Crippen LogP) is 3.54. The lowest BCUT2D eigenvalue weighted by Gasteiger charge is -2.11. The van der Waals surface area contributed by atoms with Gasteiger partial charge in [0.2, 0.25) is 0 Å². The molecule has 0 spiro atoms. The summed E-state index contributed by atoms with van der Waals surface area (Å²) >= 11 is 3.70. The second-order valence-electron chi connectivity index (χ2n) is 3.16. The van der Waals surface area contributed by atoms with Crippen molar-refractivity contribution >= 4 is 33.9 Å². The zero-order valence-corrected chi connectivity index (χ0v) is 10.8. The maximum atomic E-state index is 13.5. The van der Waals surface area contributed by atoms with Gasteiger partial charge in [0.05, 0.1) is 6.04 Å². The summed E-state index contributed by atoms with van der Waals surface area (Å²) in [5, 5.41) is 1.95. The molecule has 0 saturated carbocycles. The molecule has 0 unspecified atom stereocenters. The molecule has 1 aromatic heterocycles. The molecule has 2 N–H and O–H groups in total. The molecule has 1 aromatic carbocycles. The molecule has 1 heterocycles. The van der Waals surface area contributed by atoms with Crippen LogP contribution >= 0.6 is 33.9 Å². The van der Waals surface area contributed by atoms with Crippen molar-refractivity contribution in [2.45, 2.75) is 6.04 Å². The number of halogens is 2. The van der Waals surface area contributed by atoms with E-state index in [1.165, 1.54) is 6.07 Å². The number of hydrogen-bond acceptors (Lipinski definition) is 2. The van der Waals surface area contributed by atoms with Gasteiger partial charge in [-0.05, 0) is 52.2 Å². The van der Waals surface area contributed by atoms with Gasteiger partial charge in [-0.2, -0.15) is 0 Å². The third-order valence-electron chi connectivity index (χ3n) is 2.14. The Bertz CT molecular complexity index is 456. The van der Waals surface area contributed by atoms with E-state index in [0.29, 0.717) is 5.56 Å². The van der Waals surface area contributed by atoms with Crippen molar-refractivity contribution in [3.8, 4) is 0 Å². The SMILES string of the molecule is N[C@@H](c1cccs1)c1cc(I)ccc1F. The molecule has 0 aliphatic rings. The van der Waals surface area contributed by atoms with E-state index in [0.717, 1.165) is 8.45 Å². The second kappa shape index (κ2) is 4.59. The minimum absolute atomic E-state index is 0.240. The van der Waals surface area contributed by atoms with E-state index in [9.17, 15) is 4.39 Å². The van der Waals surface area contributed by atoms with Gasteiger partial charge in [-0.3, -0.25) is 0 Å². The van der Waals surface area contributed by atoms with Gasteiger partial charge in [0.1, 0.15) is 5.82 Å². The third kappa shape index (κ3) is 2.38. The van der Waals surface area contributed by atoms with Crippen LogP contribution in [0.3, 0.4) is 0 Å². The molecule has 0 aliphatic carbocycles. The molecule has 0 radical (unpaired) electrons. The molecule has 0 amide bonds. The Labute approximate surface area is 105 Å². The summed E-state index contributed by atoms with van der Waals surface area (Å²) in [4.78, 5) is 0.982. The first kappa shape index (κ1) is 11.0. The molecule has 0 aliphatic heterocycles. The van der Waals surface area contributed by atoms with Crippen LogP contribution in [0.1, 0.15) is 16.5 Å². The summed E-state index contributed by atoms with van der Waals surface area (Å²) < 4.78 is 14.5. The molecule has 1 nitrogen and oxygen atoms in total. The Morgan fingerprint density at radius 2 is 2.13 bits per heavy atom. The molecule has 1 atom stereocenters. The maximum Gasteiger partial charge on any atom is 0.128 e. The number of benzene rings is 1. The van der Waals surface area contributed by atoms with Gasteiger partial charge in [-0.1, -0.05) is 6.07 Å². The summed E-state index contributed by atoms with van der Waals surface area (Å²) in [6.07, 6.45) is 0. The normalized spacial score (nSPS) is 12.7. The fourth-order valence-corrected chi connectivity index (χ4v) is 2.63. The molecular weight excluding hydrogens is 324 g/mol. The van der Waals surface area contributed by atoms with Crippen LogP contribution < -0.4 is 5.73 Å². The van der Waals surface area contributed by atoms with Gasteiger partial charge >= 0.3 is 0 Å². The topological polar surface area (TPSA) is 26.0 Å². The van der Waals surface area contributed by atoms with E-state index < -0.39 is 0 Å². The first-order chi connectivity index (χ1) is 7.18. The third-order valence-corrected chi connectivity index (χ3v) is 3.77. The van der Waals surface area contributed by atoms with Crippen LogP contribution in [0.5, 0.6) is 0 Å². The van der Waals surface area contributed by atoms with Crippen LogP contribution in [0.25, 0.3) is 0 Å². The van der Waals surface area contributed by atoms with Crippen molar-refractivity contribution in [3.05, 3.63) is 55.5 Å². The van der Waals surface area contributed by atoms with Crippen molar-refractivity contribution in [2.24, 2.45) is 5.73 Å². The fourth-order valence-electron chi connectivity index (χ4n) is 1.37. The summed E-state index contributed by atoms with van der Waals surface area (Å²) in [5.41, 5.74) is 6.56. The number of nitrogens with two attached hydrogens (primary N) is 1. The molecule has 15 heavy (non-hydrogen) atoms. The van der Waals surface area contributed by atoms with Crippen molar-refractivity contribution in [1.82, 2.24) is 0 Å². The minimum Gasteiger partial charge on any atom is -0.320 e. The molecule has 4 heteroatoms. The molecule has 0 fully saturated rings. The Kier molecular flexibility index (Phi) is 3.38. The van der Waals surface area contributed by atoms with Gasteiger partial charge in [-0.25, -0.2) is 4.39 Å². The van der Waals surface area contributed by atoms with Crippen LogP contribution in [-0.4, -0.2) is 0 Å². The average Bonchev–Trinajstić information content (AvgIpc) is 2.74. The lowest BCUT2D eigenvalue weighted by atomic mass is 10.1. The van der Waals surface area contributed by atoms with Crippen LogP contribution in [0.4, 0.5) is 4.39 Å². The predicted molar refractivity (Wildman–Crippen MR) is 69.5 cm³/mol. The van der Waals surface area contributed by atoms with Gasteiger partial charge in [0, 0.05) is 14.0 Å². The van der Waals surface area contributed by atoms with Gasteiger partial charge < -0.3 is 5.73 Å². The van der Waals surface area contributed by atoms with E-state index in [-0.39, 0.29) is 11.9 Å². The van der Waals surface area contributed by atoms with Crippen molar-refractivity contribution in [3.63, 3.8) is 0 Å². The highest BCUT2D eigenvalue weighted by Gasteiger charge is 2.14. The highest BCUT2D eigenvalue weighted by atomic mass is 127. The molecule has 2 rings (SSSR count). The van der Waals surface area contributed by atoms with Crippen molar-refractivity contribution in [1.29, 1.82) is 0 Å². The molecule has 0 bridgehead atoms. The van der Waals surface area contributed by atoms with Crippen molar-refractivity contribution in [2.75, 3.05) is 0 Å². The zero-order valence-electron chi connectivity index (χ0n) is 7.78. The van der Waals surface area contributed by atoms with E-state index in [2.05, 4.69) is 22.6 Å². The first-order valence-electron chi connectivity index (χ1n) is 4.42. The standard InChI is InChI=1S/C11H9FINS/c12-9-4-3-7(13)6-8(9)11(14)10-2-1-5-15-10/h1-6,11H,14H2/t11-/m1/s1. The summed E-state index contributed by atoms with van der Waals surface area (Å²) in [7, 11) is 0. The van der Waals surface area contributed by atoms with Crippen LogP contribution in [0.15, 0.2) is 35.7 Å². The van der Waals surface area contributed by atoms with Crippen LogP contribution in [0, 0.1) is 9.39 Å². The van der Waals surface area contributed by atoms with E-state index in [4.69, 9.17) is 5.73 Å². The van der Waals surface area contributed by atoms with Crippen LogP contribution in [-0.2, 0) is 0 Å². The average molecular weight is 333 g/mol.